The summed E-state index contributed by atoms with van der Waals surface area (Å²) in [6.07, 6.45) is 2.77. The van der Waals surface area contributed by atoms with Crippen LogP contribution in [0.5, 0.6) is 11.5 Å². The smallest absolute Gasteiger partial charge is 0.340 e. The Morgan fingerprint density at radius 1 is 1.09 bits per heavy atom. The number of methoxy groups -OCH3 is 2. The summed E-state index contributed by atoms with van der Waals surface area (Å²) in [4.78, 5) is 16.7. The molecule has 1 aliphatic heterocycles. The maximum atomic E-state index is 13.4. The summed E-state index contributed by atoms with van der Waals surface area (Å²) in [6.45, 7) is 5.01. The molecule has 0 saturated heterocycles. The molecular weight excluding hydrogens is 404 g/mol. The minimum absolute atomic E-state index is 0.311. The fourth-order valence-corrected chi connectivity index (χ4v) is 4.91. The quantitative estimate of drug-likeness (QED) is 0.433. The Morgan fingerprint density at radius 3 is 2.62 bits per heavy atom. The van der Waals surface area contributed by atoms with Gasteiger partial charge in [-0.2, -0.15) is 0 Å². The van der Waals surface area contributed by atoms with Crippen LogP contribution in [0.25, 0.3) is 33.3 Å². The Labute approximate surface area is 186 Å². The predicted molar refractivity (Wildman–Crippen MR) is 125 cm³/mol. The lowest BCUT2D eigenvalue weighted by molar-refractivity contribution is 0.0528. The van der Waals surface area contributed by atoms with Gasteiger partial charge >= 0.3 is 5.97 Å². The Kier molecular flexibility index (Phi) is 4.93. The Hall–Kier alpha value is -3.67. The summed E-state index contributed by atoms with van der Waals surface area (Å²) >= 11 is 0. The van der Waals surface area contributed by atoms with Crippen molar-refractivity contribution in [2.24, 2.45) is 0 Å². The number of nitrogens with one attached hydrogen (secondary N) is 1. The van der Waals surface area contributed by atoms with E-state index in [0.717, 1.165) is 57.5 Å². The molecule has 6 heteroatoms. The highest BCUT2D eigenvalue weighted by Crippen LogP contribution is 2.46. The molecule has 5 rings (SSSR count). The number of benzene rings is 2. The van der Waals surface area contributed by atoms with Crippen LogP contribution in [0.3, 0.4) is 0 Å². The molecule has 32 heavy (non-hydrogen) atoms. The molecule has 1 N–H and O–H groups in total. The largest absolute Gasteiger partial charge is 0.493 e. The molecule has 0 saturated carbocycles. The normalized spacial score (nSPS) is 12.4. The lowest BCUT2D eigenvalue weighted by atomic mass is 9.92. The molecule has 0 unspecified atom stereocenters. The molecule has 3 heterocycles. The number of hydrogen-bond acceptors (Lipinski definition) is 4. The molecule has 2 aromatic heterocycles. The summed E-state index contributed by atoms with van der Waals surface area (Å²) in [7, 11) is 3.27. The number of fused-ring (bicyclic) bond motifs is 4. The van der Waals surface area contributed by atoms with Crippen molar-refractivity contribution < 1.29 is 19.0 Å². The van der Waals surface area contributed by atoms with Crippen molar-refractivity contribution in [2.45, 2.75) is 26.8 Å². The predicted octanol–water partition coefficient (Wildman–Crippen LogP) is 5.36. The van der Waals surface area contributed by atoms with Gasteiger partial charge in [-0.05, 0) is 55.7 Å². The molecule has 0 radical (unpaired) electrons. The minimum atomic E-state index is -0.311. The van der Waals surface area contributed by atoms with Crippen LogP contribution in [-0.2, 0) is 17.7 Å². The van der Waals surface area contributed by atoms with Crippen LogP contribution in [0.1, 0.15) is 28.5 Å². The summed E-state index contributed by atoms with van der Waals surface area (Å²) in [6, 6.07) is 12.2. The van der Waals surface area contributed by atoms with Crippen LogP contribution in [0.2, 0.25) is 0 Å². The average Bonchev–Trinajstić information content (AvgIpc) is 3.41. The Balaban J connectivity index is 1.85. The first kappa shape index (κ1) is 20.2. The molecule has 0 spiro atoms. The van der Waals surface area contributed by atoms with Crippen molar-refractivity contribution in [3.8, 4) is 33.9 Å². The monoisotopic (exact) mass is 430 g/mol. The van der Waals surface area contributed by atoms with Gasteiger partial charge in [-0.1, -0.05) is 12.1 Å². The van der Waals surface area contributed by atoms with E-state index in [1.807, 2.05) is 37.4 Å². The first-order valence-electron chi connectivity index (χ1n) is 10.8. The maximum Gasteiger partial charge on any atom is 0.340 e. The van der Waals surface area contributed by atoms with Crippen molar-refractivity contribution in [1.82, 2.24) is 9.55 Å². The van der Waals surface area contributed by atoms with Gasteiger partial charge in [0.25, 0.3) is 0 Å². The molecule has 6 nitrogen and oxygen atoms in total. The van der Waals surface area contributed by atoms with Gasteiger partial charge in [-0.3, -0.25) is 0 Å². The summed E-state index contributed by atoms with van der Waals surface area (Å²) in [5.74, 6) is 1.02. The van der Waals surface area contributed by atoms with Gasteiger partial charge in [-0.15, -0.1) is 0 Å². The van der Waals surface area contributed by atoms with Crippen molar-refractivity contribution in [3.05, 3.63) is 59.4 Å². The third kappa shape index (κ3) is 2.90. The number of esters is 1. The third-order valence-electron chi connectivity index (χ3n) is 6.34. The molecule has 164 valence electrons. The van der Waals surface area contributed by atoms with E-state index in [1.54, 1.807) is 14.2 Å². The minimum Gasteiger partial charge on any atom is -0.493 e. The number of hydrogen-bond donors (Lipinski definition) is 1. The summed E-state index contributed by atoms with van der Waals surface area (Å²) in [5, 5.41) is 1.08. The Bertz CT molecular complexity index is 1350. The average molecular weight is 431 g/mol. The van der Waals surface area contributed by atoms with Crippen LogP contribution in [-0.4, -0.2) is 36.3 Å². The highest BCUT2D eigenvalue weighted by Gasteiger charge is 2.32. The van der Waals surface area contributed by atoms with Gasteiger partial charge in [0.1, 0.15) is 0 Å². The molecule has 0 atom stereocenters. The molecule has 0 fully saturated rings. The molecule has 0 bridgehead atoms. The van der Waals surface area contributed by atoms with E-state index in [4.69, 9.17) is 14.2 Å². The van der Waals surface area contributed by atoms with E-state index in [2.05, 4.69) is 28.6 Å². The van der Waals surface area contributed by atoms with Crippen molar-refractivity contribution in [2.75, 3.05) is 20.8 Å². The zero-order chi connectivity index (χ0) is 22.4. The molecular formula is C26H26N2O4. The molecule has 2 aromatic carbocycles. The zero-order valence-corrected chi connectivity index (χ0v) is 18.7. The number of carbonyl (C=O) groups is 1. The maximum absolute atomic E-state index is 13.4. The van der Waals surface area contributed by atoms with Crippen LogP contribution < -0.4 is 9.47 Å². The number of H-pyrrole nitrogens is 1. The molecule has 4 aromatic rings. The fourth-order valence-electron chi connectivity index (χ4n) is 4.91. The number of rotatable bonds is 5. The van der Waals surface area contributed by atoms with Gasteiger partial charge in [0.15, 0.2) is 11.5 Å². The lowest BCUT2D eigenvalue weighted by Crippen LogP contribution is -2.15. The van der Waals surface area contributed by atoms with Gasteiger partial charge < -0.3 is 23.8 Å². The number of ether oxygens (including phenoxy) is 3. The van der Waals surface area contributed by atoms with Gasteiger partial charge in [0.2, 0.25) is 0 Å². The first-order valence-corrected chi connectivity index (χ1v) is 10.8. The number of aromatic amines is 1. The summed E-state index contributed by atoms with van der Waals surface area (Å²) < 4.78 is 18.9. The standard InChI is InChI=1S/C26H26N2O4/c1-5-32-26(29)24-23(18-7-6-8-20-17(18)9-11-27-20)15(2)28-12-10-16-13-21(30-3)22(31-4)14-19(16)25(24)28/h6-9,11,13-14,27H,5,10,12H2,1-4H3. The summed E-state index contributed by atoms with van der Waals surface area (Å²) in [5.41, 5.74) is 7.62. The number of aryl methyl sites for hydroxylation is 1. The topological polar surface area (TPSA) is 65.5 Å². The van der Waals surface area contributed by atoms with E-state index in [9.17, 15) is 4.79 Å². The second-order valence-corrected chi connectivity index (χ2v) is 7.91. The van der Waals surface area contributed by atoms with E-state index in [-0.39, 0.29) is 5.97 Å². The highest BCUT2D eigenvalue weighted by molar-refractivity contribution is 6.09. The van der Waals surface area contributed by atoms with Gasteiger partial charge in [0, 0.05) is 40.5 Å². The number of nitrogens with zero attached hydrogens (tertiary/aromatic N) is 1. The van der Waals surface area contributed by atoms with E-state index < -0.39 is 0 Å². The van der Waals surface area contributed by atoms with Crippen molar-refractivity contribution >= 4 is 16.9 Å². The van der Waals surface area contributed by atoms with E-state index in [0.29, 0.717) is 23.7 Å². The third-order valence-corrected chi connectivity index (χ3v) is 6.34. The zero-order valence-electron chi connectivity index (χ0n) is 18.7. The van der Waals surface area contributed by atoms with E-state index in [1.165, 1.54) is 0 Å². The number of carbonyl (C=O) groups excluding carboxylic acids is 1. The SMILES string of the molecule is CCOC(=O)c1c(-c2cccc3[nH]ccc23)c(C)n2c1-c1cc(OC)c(OC)cc1CC2. The van der Waals surface area contributed by atoms with Crippen molar-refractivity contribution in [1.29, 1.82) is 0 Å². The lowest BCUT2D eigenvalue weighted by Gasteiger charge is -2.23. The second-order valence-electron chi connectivity index (χ2n) is 7.91. The first-order chi connectivity index (χ1) is 15.6. The highest BCUT2D eigenvalue weighted by atomic mass is 16.5. The van der Waals surface area contributed by atoms with Crippen molar-refractivity contribution in [3.63, 3.8) is 0 Å². The van der Waals surface area contributed by atoms with Crippen LogP contribution in [0, 0.1) is 6.92 Å². The fraction of sp³-hybridized carbons (Fsp3) is 0.269. The van der Waals surface area contributed by atoms with Gasteiger partial charge in [-0.25, -0.2) is 4.79 Å². The van der Waals surface area contributed by atoms with Crippen LogP contribution in [0.15, 0.2) is 42.6 Å². The molecule has 0 aliphatic carbocycles. The molecule has 0 amide bonds. The number of aromatic nitrogens is 2. The second kappa shape index (κ2) is 7.79. The van der Waals surface area contributed by atoms with Crippen LogP contribution in [0.4, 0.5) is 0 Å². The Morgan fingerprint density at radius 2 is 1.88 bits per heavy atom. The van der Waals surface area contributed by atoms with E-state index >= 15 is 0 Å². The molecule has 1 aliphatic rings. The van der Waals surface area contributed by atoms with Crippen LogP contribution >= 0.6 is 0 Å². The van der Waals surface area contributed by atoms with Gasteiger partial charge in [0.05, 0.1) is 32.1 Å².